The zero-order valence-electron chi connectivity index (χ0n) is 21.6. The van der Waals surface area contributed by atoms with E-state index in [-0.39, 0.29) is 17.6 Å². The van der Waals surface area contributed by atoms with Crippen molar-refractivity contribution in [3.8, 4) is 0 Å². The predicted molar refractivity (Wildman–Crippen MR) is 141 cm³/mol. The van der Waals surface area contributed by atoms with Gasteiger partial charge in [0.25, 0.3) is 5.91 Å². The molecule has 5 rings (SSSR count). The fourth-order valence-electron chi connectivity index (χ4n) is 5.47. The highest BCUT2D eigenvalue weighted by Gasteiger charge is 2.38. The first-order valence-electron chi connectivity index (χ1n) is 13.2. The molecule has 0 bridgehead atoms. The summed E-state index contributed by atoms with van der Waals surface area (Å²) in [5.74, 6) is -0.0524. The summed E-state index contributed by atoms with van der Waals surface area (Å²) in [5.41, 5.74) is 6.91. The number of ketones is 1. The molecule has 2 fully saturated rings. The van der Waals surface area contributed by atoms with Gasteiger partial charge in [-0.1, -0.05) is 36.9 Å². The standard InChI is InChI=1S/C30H35N3O4/c1-20-3-5-23(16-24(20)18-32-11-13-37-14-12-32)17-26(34)8-6-22-7-9-27-25(15-22)19-33(30(27)36)28-10-4-21(2)31-29(28)35/h3,5,7,9,15-16,28H,2,4,6,8,10-14,17-19H2,1H3,(H,31,35). The molecular formula is C30H35N3O4. The Bertz CT molecular complexity index is 1230. The van der Waals surface area contributed by atoms with Crippen molar-refractivity contribution in [3.05, 3.63) is 82.1 Å². The molecule has 2 amide bonds. The third kappa shape index (κ3) is 5.84. The highest BCUT2D eigenvalue weighted by Crippen LogP contribution is 2.29. The van der Waals surface area contributed by atoms with Gasteiger partial charge in [0.2, 0.25) is 5.91 Å². The number of nitrogens with zero attached hydrogens (tertiary/aromatic N) is 2. The van der Waals surface area contributed by atoms with E-state index in [2.05, 4.69) is 41.9 Å². The molecule has 7 nitrogen and oxygen atoms in total. The van der Waals surface area contributed by atoms with Crippen molar-refractivity contribution in [2.24, 2.45) is 0 Å². The molecule has 1 atom stereocenters. The van der Waals surface area contributed by atoms with Gasteiger partial charge in [0.05, 0.1) is 13.2 Å². The quantitative estimate of drug-likeness (QED) is 0.601. The van der Waals surface area contributed by atoms with Crippen LogP contribution in [0, 0.1) is 6.92 Å². The zero-order chi connectivity index (χ0) is 25.9. The molecule has 0 saturated carbocycles. The number of nitrogens with one attached hydrogen (secondary N) is 1. The number of ether oxygens (including phenoxy) is 1. The number of morpholine rings is 1. The first kappa shape index (κ1) is 25.4. The van der Waals surface area contributed by atoms with E-state index in [0.717, 1.165) is 49.5 Å². The number of rotatable bonds is 8. The Kier molecular flexibility index (Phi) is 7.53. The maximum atomic E-state index is 12.9. The minimum absolute atomic E-state index is 0.0995. The summed E-state index contributed by atoms with van der Waals surface area (Å²) in [4.78, 5) is 42.2. The summed E-state index contributed by atoms with van der Waals surface area (Å²) in [7, 11) is 0. The van der Waals surface area contributed by atoms with Crippen molar-refractivity contribution in [2.75, 3.05) is 26.3 Å². The van der Waals surface area contributed by atoms with Crippen LogP contribution in [0.1, 0.15) is 57.4 Å². The number of allylic oxidation sites excluding steroid dienone is 1. The summed E-state index contributed by atoms with van der Waals surface area (Å²) >= 11 is 0. The van der Waals surface area contributed by atoms with E-state index in [1.165, 1.54) is 11.1 Å². The highest BCUT2D eigenvalue weighted by atomic mass is 16.5. The van der Waals surface area contributed by atoms with E-state index < -0.39 is 6.04 Å². The lowest BCUT2D eigenvalue weighted by atomic mass is 9.97. The topological polar surface area (TPSA) is 79.0 Å². The largest absolute Gasteiger partial charge is 0.379 e. The van der Waals surface area contributed by atoms with Crippen LogP contribution in [0.15, 0.2) is 48.7 Å². The predicted octanol–water partition coefficient (Wildman–Crippen LogP) is 3.32. The maximum absolute atomic E-state index is 12.9. The Balaban J connectivity index is 1.17. The highest BCUT2D eigenvalue weighted by molar-refractivity contribution is 6.01. The number of hydrogen-bond acceptors (Lipinski definition) is 5. The van der Waals surface area contributed by atoms with E-state index in [1.807, 2.05) is 18.2 Å². The summed E-state index contributed by atoms with van der Waals surface area (Å²) < 4.78 is 5.45. The molecule has 37 heavy (non-hydrogen) atoms. The third-order valence-corrected chi connectivity index (χ3v) is 7.71. The van der Waals surface area contributed by atoms with Gasteiger partial charge in [0.15, 0.2) is 0 Å². The number of carbonyl (C=O) groups excluding carboxylic acids is 3. The fraction of sp³-hybridized carbons (Fsp3) is 0.433. The molecule has 3 aliphatic heterocycles. The second-order valence-electron chi connectivity index (χ2n) is 10.4. The molecule has 0 aliphatic carbocycles. The lowest BCUT2D eigenvalue weighted by Crippen LogP contribution is -2.49. The molecule has 0 radical (unpaired) electrons. The Labute approximate surface area is 218 Å². The lowest BCUT2D eigenvalue weighted by molar-refractivity contribution is -0.126. The molecular weight excluding hydrogens is 466 g/mol. The number of fused-ring (bicyclic) bond motifs is 1. The molecule has 0 aromatic heterocycles. The molecule has 0 spiro atoms. The summed E-state index contributed by atoms with van der Waals surface area (Å²) in [6.07, 6.45) is 2.79. The van der Waals surface area contributed by atoms with Gasteiger partial charge in [-0.2, -0.15) is 0 Å². The van der Waals surface area contributed by atoms with Crippen LogP contribution in [0.2, 0.25) is 0 Å². The minimum Gasteiger partial charge on any atom is -0.379 e. The summed E-state index contributed by atoms with van der Waals surface area (Å²) in [6.45, 7) is 10.7. The van der Waals surface area contributed by atoms with Gasteiger partial charge in [0, 0.05) is 50.3 Å². The number of aryl methyl sites for hydroxylation is 2. The van der Waals surface area contributed by atoms with Gasteiger partial charge in [-0.05, 0) is 60.1 Å². The van der Waals surface area contributed by atoms with Gasteiger partial charge in [-0.25, -0.2) is 0 Å². The van der Waals surface area contributed by atoms with Crippen LogP contribution >= 0.6 is 0 Å². The van der Waals surface area contributed by atoms with Crippen LogP contribution in [0.4, 0.5) is 0 Å². The second-order valence-corrected chi connectivity index (χ2v) is 10.4. The van der Waals surface area contributed by atoms with Crippen molar-refractivity contribution in [1.29, 1.82) is 0 Å². The number of carbonyl (C=O) groups is 3. The van der Waals surface area contributed by atoms with Gasteiger partial charge in [0.1, 0.15) is 11.8 Å². The molecule has 2 aromatic rings. The summed E-state index contributed by atoms with van der Waals surface area (Å²) in [5, 5.41) is 2.77. The number of hydrogen-bond donors (Lipinski definition) is 1. The van der Waals surface area contributed by atoms with E-state index in [4.69, 9.17) is 4.74 Å². The van der Waals surface area contributed by atoms with Crippen molar-refractivity contribution in [3.63, 3.8) is 0 Å². The van der Waals surface area contributed by atoms with E-state index >= 15 is 0 Å². The van der Waals surface area contributed by atoms with Gasteiger partial charge < -0.3 is 15.0 Å². The number of benzene rings is 2. The monoisotopic (exact) mass is 501 g/mol. The molecule has 1 N–H and O–H groups in total. The molecule has 2 aromatic carbocycles. The van der Waals surface area contributed by atoms with Crippen molar-refractivity contribution in [1.82, 2.24) is 15.1 Å². The number of Topliss-reactive ketones (excluding diaryl/α,β-unsaturated/α-hetero) is 1. The first-order valence-corrected chi connectivity index (χ1v) is 13.2. The molecule has 2 saturated heterocycles. The smallest absolute Gasteiger partial charge is 0.255 e. The van der Waals surface area contributed by atoms with Crippen molar-refractivity contribution >= 4 is 17.6 Å². The second kappa shape index (κ2) is 11.0. The third-order valence-electron chi connectivity index (χ3n) is 7.71. The van der Waals surface area contributed by atoms with Crippen molar-refractivity contribution in [2.45, 2.75) is 58.2 Å². The van der Waals surface area contributed by atoms with Gasteiger partial charge in [-0.15, -0.1) is 0 Å². The van der Waals surface area contributed by atoms with Crippen LogP contribution in [0.5, 0.6) is 0 Å². The van der Waals surface area contributed by atoms with Crippen LogP contribution in [-0.2, 0) is 40.3 Å². The van der Waals surface area contributed by atoms with Crippen LogP contribution < -0.4 is 5.32 Å². The SMILES string of the molecule is C=C1CCC(N2Cc3cc(CCC(=O)Cc4ccc(C)c(CN5CCOCC5)c4)ccc3C2=O)C(=O)N1. The van der Waals surface area contributed by atoms with E-state index in [1.54, 1.807) is 4.90 Å². The lowest BCUT2D eigenvalue weighted by Gasteiger charge is -2.30. The van der Waals surface area contributed by atoms with Crippen LogP contribution in [0.25, 0.3) is 0 Å². The normalized spacial score (nSPS) is 20.2. The molecule has 7 heteroatoms. The number of piperidine rings is 1. The van der Waals surface area contributed by atoms with Crippen LogP contribution in [0.3, 0.4) is 0 Å². The van der Waals surface area contributed by atoms with Crippen molar-refractivity contribution < 1.29 is 19.1 Å². The summed E-state index contributed by atoms with van der Waals surface area (Å²) in [6, 6.07) is 11.7. The Morgan fingerprint density at radius 2 is 1.89 bits per heavy atom. The zero-order valence-corrected chi connectivity index (χ0v) is 21.6. The Morgan fingerprint density at radius 1 is 1.11 bits per heavy atom. The first-order chi connectivity index (χ1) is 17.9. The Hall–Kier alpha value is -3.29. The molecule has 1 unspecified atom stereocenters. The molecule has 3 heterocycles. The minimum atomic E-state index is -0.460. The molecule has 3 aliphatic rings. The van der Waals surface area contributed by atoms with E-state index in [9.17, 15) is 14.4 Å². The van der Waals surface area contributed by atoms with Gasteiger partial charge >= 0.3 is 0 Å². The maximum Gasteiger partial charge on any atom is 0.255 e. The Morgan fingerprint density at radius 3 is 2.68 bits per heavy atom. The number of amides is 2. The average Bonchev–Trinajstić information content (AvgIpc) is 3.21. The van der Waals surface area contributed by atoms with Crippen LogP contribution in [-0.4, -0.2) is 59.7 Å². The average molecular weight is 502 g/mol. The molecule has 194 valence electrons. The fourth-order valence-corrected chi connectivity index (χ4v) is 5.47. The van der Waals surface area contributed by atoms with Gasteiger partial charge in [-0.3, -0.25) is 19.3 Å². The van der Waals surface area contributed by atoms with E-state index in [0.29, 0.717) is 49.9 Å².